The average Bonchev–Trinajstić information content (AvgIpc) is 1.91. The van der Waals surface area contributed by atoms with Gasteiger partial charge in [-0.05, 0) is 0 Å². The summed E-state index contributed by atoms with van der Waals surface area (Å²) in [7, 11) is 0. The number of aromatic amines is 2. The summed E-state index contributed by atoms with van der Waals surface area (Å²) in [6.07, 6.45) is 1.16. The molecule has 0 amide bonds. The highest BCUT2D eigenvalue weighted by atomic mass is 16.1. The zero-order valence-corrected chi connectivity index (χ0v) is 2.88. The Kier molecular flexibility index (Phi) is 0.350. The molecule has 0 saturated carbocycles. The predicted octanol–water partition coefficient (Wildman–Crippen LogP) is -0.902. The van der Waals surface area contributed by atoms with Crippen LogP contribution in [0, 0.1) is 0 Å². The van der Waals surface area contributed by atoms with Crippen molar-refractivity contribution in [3.8, 4) is 0 Å². The number of rotatable bonds is 0. The van der Waals surface area contributed by atoms with Crippen molar-refractivity contribution in [1.82, 2.24) is 15.2 Å². The summed E-state index contributed by atoms with van der Waals surface area (Å²) in [5, 5.41) is 3.70. The van der Waals surface area contributed by atoms with Crippen LogP contribution in [0.2, 0.25) is 1.41 Å². The summed E-state index contributed by atoms with van der Waals surface area (Å²) in [4.78, 5) is 12.3. The summed E-state index contributed by atoms with van der Waals surface area (Å²) in [5.74, 6) is 0. The monoisotopic (exact) mass is 86.0 g/mol. The minimum Gasteiger partial charge on any atom is -0.296 e. The van der Waals surface area contributed by atoms with Gasteiger partial charge in [-0.2, -0.15) is 5.10 Å². The largest absolute Gasteiger partial charge is 0.340 e. The minimum absolute atomic E-state index is 0.472. The van der Waals surface area contributed by atoms with Gasteiger partial charge in [-0.3, -0.25) is 4.98 Å². The van der Waals surface area contributed by atoms with E-state index in [2.05, 4.69) is 10.1 Å². The second-order valence-electron chi connectivity index (χ2n) is 0.794. The molecule has 6 heavy (non-hydrogen) atoms. The minimum atomic E-state index is -0.514. The maximum absolute atomic E-state index is 10.1. The van der Waals surface area contributed by atoms with Crippen molar-refractivity contribution in [2.24, 2.45) is 0 Å². The fourth-order valence-corrected chi connectivity index (χ4v) is 0.194. The van der Waals surface area contributed by atoms with Crippen molar-refractivity contribution in [2.45, 2.75) is 0 Å². The molecule has 0 bridgehead atoms. The lowest BCUT2D eigenvalue weighted by atomic mass is 11.3. The third-order valence-electron chi connectivity index (χ3n) is 0.394. The van der Waals surface area contributed by atoms with E-state index in [9.17, 15) is 4.79 Å². The maximum Gasteiger partial charge on any atom is 0.340 e. The highest BCUT2D eigenvalue weighted by Crippen LogP contribution is 1.42. The van der Waals surface area contributed by atoms with Crippen LogP contribution in [0.4, 0.5) is 0 Å². The van der Waals surface area contributed by atoms with Gasteiger partial charge in [0.1, 0.15) is 6.33 Å². The van der Waals surface area contributed by atoms with Gasteiger partial charge in [-0.15, -0.1) is 0 Å². The second kappa shape index (κ2) is 0.965. The maximum atomic E-state index is 10.1. The van der Waals surface area contributed by atoms with Crippen LogP contribution in [0.5, 0.6) is 0 Å². The first-order chi connectivity index (χ1) is 3.30. The SMILES string of the molecule is [2H]n1nc[nH]c1=O. The van der Waals surface area contributed by atoms with Crippen molar-refractivity contribution < 1.29 is 1.41 Å². The molecule has 0 aromatic carbocycles. The summed E-state index contributed by atoms with van der Waals surface area (Å²) < 4.78 is 6.56. The Morgan fingerprint density at radius 3 is 3.17 bits per heavy atom. The lowest BCUT2D eigenvalue weighted by Gasteiger charge is -1.49. The molecule has 0 atom stereocenters. The van der Waals surface area contributed by atoms with Crippen molar-refractivity contribution in [2.75, 3.05) is 0 Å². The van der Waals surface area contributed by atoms with Gasteiger partial charge in [0.2, 0.25) is 0 Å². The first-order valence-electron chi connectivity index (χ1n) is 1.87. The predicted molar refractivity (Wildman–Crippen MR) is 19.2 cm³/mol. The van der Waals surface area contributed by atoms with Crippen LogP contribution >= 0.6 is 0 Å². The fourth-order valence-electron chi connectivity index (χ4n) is 0.194. The van der Waals surface area contributed by atoms with Crippen molar-refractivity contribution in [3.63, 3.8) is 0 Å². The molecule has 0 saturated heterocycles. The van der Waals surface area contributed by atoms with Crippen LogP contribution in [0.15, 0.2) is 11.1 Å². The molecule has 0 spiro atoms. The molecule has 0 fully saturated rings. The molecular weight excluding hydrogens is 82.0 g/mol. The van der Waals surface area contributed by atoms with Gasteiger partial charge >= 0.3 is 5.69 Å². The van der Waals surface area contributed by atoms with Gasteiger partial charge in [-0.25, -0.2) is 9.89 Å². The molecule has 4 heteroatoms. The molecule has 0 radical (unpaired) electrons. The lowest BCUT2D eigenvalue weighted by Crippen LogP contribution is -1.99. The van der Waals surface area contributed by atoms with E-state index in [0.29, 0.717) is 5.09 Å². The van der Waals surface area contributed by atoms with Crippen LogP contribution in [-0.2, 0) is 0 Å². The zero-order chi connectivity index (χ0) is 5.28. The third kappa shape index (κ3) is 0.314. The molecule has 1 aromatic heterocycles. The van der Waals surface area contributed by atoms with E-state index in [0.717, 1.165) is 6.33 Å². The molecule has 1 rings (SSSR count). The first kappa shape index (κ1) is 2.17. The summed E-state index contributed by atoms with van der Waals surface area (Å²) in [6.45, 7) is 0. The topological polar surface area (TPSA) is 61.5 Å². The van der Waals surface area contributed by atoms with Crippen LogP contribution in [0.3, 0.4) is 0 Å². The van der Waals surface area contributed by atoms with Gasteiger partial charge in [-0.1, -0.05) is 0 Å². The first-order valence-corrected chi connectivity index (χ1v) is 1.42. The Bertz CT molecular complexity index is 201. The van der Waals surface area contributed by atoms with E-state index in [1.54, 1.807) is 0 Å². The number of nitrogens with one attached hydrogen (secondary N) is 2. The molecule has 32 valence electrons. The molecular formula is C2H3N3O. The summed E-state index contributed by atoms with van der Waals surface area (Å²) >= 11 is 0. The lowest BCUT2D eigenvalue weighted by molar-refractivity contribution is 1.05. The number of H-pyrrole nitrogens is 2. The fraction of sp³-hybridized carbons (Fsp3) is 0. The van der Waals surface area contributed by atoms with E-state index in [-0.39, 0.29) is 0 Å². The summed E-state index contributed by atoms with van der Waals surface area (Å²) in [5.41, 5.74) is -0.514. The van der Waals surface area contributed by atoms with Crippen LogP contribution in [0.1, 0.15) is 0 Å². The van der Waals surface area contributed by atoms with E-state index in [4.69, 9.17) is 1.41 Å². The molecule has 4 nitrogen and oxygen atoms in total. The molecule has 0 aliphatic carbocycles. The molecule has 1 aromatic rings. The van der Waals surface area contributed by atoms with E-state index >= 15 is 0 Å². The smallest absolute Gasteiger partial charge is 0.296 e. The van der Waals surface area contributed by atoms with Crippen LogP contribution in [-0.4, -0.2) is 15.2 Å². The number of nitrogens with zero attached hydrogens (tertiary/aromatic N) is 1. The van der Waals surface area contributed by atoms with Gasteiger partial charge in [0, 0.05) is 0 Å². The standard InChI is InChI=1S/C2H3N3O/c6-2-3-1-4-5-2/h1H,(H2,3,4,5,6)/i/hD. The van der Waals surface area contributed by atoms with Gasteiger partial charge < -0.3 is 0 Å². The zero-order valence-electron chi connectivity index (χ0n) is 3.88. The quantitative estimate of drug-likeness (QED) is 0.429. The Hall–Kier alpha value is -1.06. The molecule has 0 aliphatic rings. The third-order valence-corrected chi connectivity index (χ3v) is 0.394. The highest BCUT2D eigenvalue weighted by molar-refractivity contribution is 4.48. The highest BCUT2D eigenvalue weighted by Gasteiger charge is 1.70. The van der Waals surface area contributed by atoms with E-state index in [1.165, 1.54) is 0 Å². The molecule has 0 unspecified atom stereocenters. The van der Waals surface area contributed by atoms with Gasteiger partial charge in [0.25, 0.3) is 0 Å². The Morgan fingerprint density at radius 2 is 3.00 bits per heavy atom. The normalized spacial score (nSPS) is 11.0. The number of aromatic nitrogens is 3. The van der Waals surface area contributed by atoms with Gasteiger partial charge in [0.15, 0.2) is 1.41 Å². The molecule has 1 heterocycles. The van der Waals surface area contributed by atoms with Gasteiger partial charge in [0.05, 0.1) is 0 Å². The van der Waals surface area contributed by atoms with E-state index in [1.807, 2.05) is 0 Å². The molecule has 0 aliphatic heterocycles. The van der Waals surface area contributed by atoms with Crippen LogP contribution < -0.4 is 5.69 Å². The van der Waals surface area contributed by atoms with Crippen molar-refractivity contribution in [1.29, 1.82) is 0 Å². The summed E-state index contributed by atoms with van der Waals surface area (Å²) in [6, 6.07) is 0. The Balaban J connectivity index is 3.39. The van der Waals surface area contributed by atoms with Crippen LogP contribution in [0.25, 0.3) is 0 Å². The number of hydrogen-bond donors (Lipinski definition) is 2. The Labute approximate surface area is 34.7 Å². The number of hydrogen-bond acceptors (Lipinski definition) is 2. The van der Waals surface area contributed by atoms with Crippen molar-refractivity contribution >= 4 is 0 Å². The van der Waals surface area contributed by atoms with E-state index < -0.39 is 5.69 Å². The second-order valence-corrected chi connectivity index (χ2v) is 0.794. The average molecular weight is 86.1 g/mol. The molecule has 2 N–H and O–H groups in total. The van der Waals surface area contributed by atoms with Crippen molar-refractivity contribution in [3.05, 3.63) is 16.8 Å². The Morgan fingerprint density at radius 1 is 2.17 bits per heavy atom.